The smallest absolute Gasteiger partial charge is 0.122 e. The zero-order chi connectivity index (χ0) is 19.4. The molecule has 27 heavy (non-hydrogen) atoms. The van der Waals surface area contributed by atoms with Crippen molar-refractivity contribution in [2.24, 2.45) is 11.7 Å². The van der Waals surface area contributed by atoms with Gasteiger partial charge in [0, 0.05) is 18.0 Å². The highest BCUT2D eigenvalue weighted by molar-refractivity contribution is 5.55. The molecule has 2 atom stereocenters. The number of nitrogens with zero attached hydrogens (tertiary/aromatic N) is 1. The summed E-state index contributed by atoms with van der Waals surface area (Å²) in [7, 11) is 0. The van der Waals surface area contributed by atoms with Crippen molar-refractivity contribution in [1.29, 1.82) is 0 Å². The Kier molecular flexibility index (Phi) is 6.40. The Morgan fingerprint density at radius 1 is 1.37 bits per heavy atom. The van der Waals surface area contributed by atoms with E-state index in [9.17, 15) is 5.11 Å². The zero-order valence-corrected chi connectivity index (χ0v) is 16.8. The Morgan fingerprint density at radius 3 is 2.78 bits per heavy atom. The van der Waals surface area contributed by atoms with Crippen LogP contribution in [-0.2, 0) is 4.74 Å². The maximum Gasteiger partial charge on any atom is 0.122 e. The summed E-state index contributed by atoms with van der Waals surface area (Å²) in [5.41, 5.74) is 9.08. The van der Waals surface area contributed by atoms with Crippen LogP contribution in [0.3, 0.4) is 0 Å². The third-order valence-corrected chi connectivity index (χ3v) is 5.85. The van der Waals surface area contributed by atoms with Crippen LogP contribution >= 0.6 is 0 Å². The lowest BCUT2D eigenvalue weighted by Gasteiger charge is -2.31. The maximum atomic E-state index is 10.5. The predicted octanol–water partition coefficient (Wildman–Crippen LogP) is 3.47. The summed E-state index contributed by atoms with van der Waals surface area (Å²) in [6.45, 7) is 11.6. The molecule has 0 spiro atoms. The fourth-order valence-electron chi connectivity index (χ4n) is 4.18. The van der Waals surface area contributed by atoms with Crippen LogP contribution in [0.2, 0.25) is 0 Å². The van der Waals surface area contributed by atoms with Crippen LogP contribution in [0.1, 0.15) is 39.5 Å². The Bertz CT molecular complexity index is 673. The van der Waals surface area contributed by atoms with Crippen molar-refractivity contribution in [3.63, 3.8) is 0 Å². The normalized spacial score (nSPS) is 29.8. The van der Waals surface area contributed by atoms with E-state index in [2.05, 4.69) is 23.6 Å². The van der Waals surface area contributed by atoms with Crippen LogP contribution in [0.4, 0.5) is 0 Å². The van der Waals surface area contributed by atoms with E-state index < -0.39 is 5.60 Å². The summed E-state index contributed by atoms with van der Waals surface area (Å²) in [6.07, 6.45) is 14.6. The van der Waals surface area contributed by atoms with Gasteiger partial charge < -0.3 is 20.5 Å². The second-order valence-electron chi connectivity index (χ2n) is 8.40. The number of likely N-dealkylation sites (tertiary alicyclic amines) is 1. The fraction of sp³-hybridized carbons (Fsp3) is 0.565. The van der Waals surface area contributed by atoms with E-state index >= 15 is 0 Å². The lowest BCUT2D eigenvalue weighted by molar-refractivity contribution is 0.0358. The Balaban J connectivity index is 1.91. The fourth-order valence-corrected chi connectivity index (χ4v) is 4.18. The highest BCUT2D eigenvalue weighted by atomic mass is 16.5. The highest BCUT2D eigenvalue weighted by Crippen LogP contribution is 2.39. The molecule has 2 unspecified atom stereocenters. The second-order valence-corrected chi connectivity index (χ2v) is 8.40. The van der Waals surface area contributed by atoms with Crippen LogP contribution in [0.25, 0.3) is 0 Å². The number of allylic oxidation sites excluding steroid dienone is 4. The molecular formula is C23H34N2O2. The van der Waals surface area contributed by atoms with Crippen LogP contribution < -0.4 is 5.73 Å². The zero-order valence-electron chi connectivity index (χ0n) is 16.8. The average molecular weight is 371 g/mol. The molecule has 2 heterocycles. The van der Waals surface area contributed by atoms with Crippen LogP contribution in [-0.4, -0.2) is 47.9 Å². The Morgan fingerprint density at radius 2 is 2.11 bits per heavy atom. The molecule has 4 heteroatoms. The summed E-state index contributed by atoms with van der Waals surface area (Å²) in [4.78, 5) is 2.52. The van der Waals surface area contributed by atoms with Gasteiger partial charge in [-0.25, -0.2) is 0 Å². The number of ether oxygens (including phenoxy) is 1. The second kappa shape index (κ2) is 8.59. The minimum Gasteiger partial charge on any atom is -0.491 e. The molecule has 3 rings (SSSR count). The predicted molar refractivity (Wildman–Crippen MR) is 111 cm³/mol. The standard InChI is InChI=1S/C23H34N2O2/c1-4-8-19-18(9-7-14-25-12-5-6-13-25)20-15-17(23(2,3)26)10-11-22(20)27-16-21(19)24/h4,8-11,17,21,26H,1,5-7,12-16,24H2,2-3H3/b18-9+,19-8?. The monoisotopic (exact) mass is 370 g/mol. The van der Waals surface area contributed by atoms with Crippen LogP contribution in [0.15, 0.2) is 59.4 Å². The van der Waals surface area contributed by atoms with Gasteiger partial charge in [-0.15, -0.1) is 0 Å². The number of hydrogen-bond donors (Lipinski definition) is 2. The van der Waals surface area contributed by atoms with Gasteiger partial charge in [0.05, 0.1) is 11.6 Å². The molecule has 0 aromatic carbocycles. The lowest BCUT2D eigenvalue weighted by Crippen LogP contribution is -2.31. The van der Waals surface area contributed by atoms with Gasteiger partial charge in [-0.2, -0.15) is 0 Å². The summed E-state index contributed by atoms with van der Waals surface area (Å²) >= 11 is 0. The van der Waals surface area contributed by atoms with Gasteiger partial charge in [-0.05, 0) is 69.8 Å². The van der Waals surface area contributed by atoms with Gasteiger partial charge in [-0.1, -0.05) is 30.9 Å². The van der Waals surface area contributed by atoms with E-state index in [0.29, 0.717) is 6.61 Å². The Labute approximate surface area is 163 Å². The van der Waals surface area contributed by atoms with Crippen molar-refractivity contribution in [2.45, 2.75) is 51.2 Å². The van der Waals surface area contributed by atoms with Gasteiger partial charge in [0.25, 0.3) is 0 Å². The first-order chi connectivity index (χ1) is 12.9. The van der Waals surface area contributed by atoms with Crippen molar-refractivity contribution in [3.8, 4) is 0 Å². The van der Waals surface area contributed by atoms with Crippen molar-refractivity contribution >= 4 is 0 Å². The molecule has 1 saturated heterocycles. The average Bonchev–Trinajstić information content (AvgIpc) is 3.10. The van der Waals surface area contributed by atoms with E-state index in [1.54, 1.807) is 6.08 Å². The number of hydrogen-bond acceptors (Lipinski definition) is 4. The lowest BCUT2D eigenvalue weighted by atomic mass is 9.78. The molecule has 148 valence electrons. The van der Waals surface area contributed by atoms with E-state index in [1.165, 1.54) is 31.5 Å². The molecule has 0 radical (unpaired) electrons. The number of aliphatic hydroxyl groups is 1. The van der Waals surface area contributed by atoms with Crippen molar-refractivity contribution in [1.82, 2.24) is 4.90 Å². The third kappa shape index (κ3) is 4.81. The Hall–Kier alpha value is -1.62. The van der Waals surface area contributed by atoms with E-state index in [-0.39, 0.29) is 12.0 Å². The first kappa shape index (κ1) is 20.1. The molecule has 4 nitrogen and oxygen atoms in total. The van der Waals surface area contributed by atoms with Gasteiger partial charge >= 0.3 is 0 Å². The van der Waals surface area contributed by atoms with Crippen LogP contribution in [0, 0.1) is 5.92 Å². The molecular weight excluding hydrogens is 336 g/mol. The largest absolute Gasteiger partial charge is 0.491 e. The summed E-state index contributed by atoms with van der Waals surface area (Å²) in [6, 6.07) is -0.180. The minimum atomic E-state index is -0.771. The first-order valence-electron chi connectivity index (χ1n) is 10.2. The molecule has 1 fully saturated rings. The first-order valence-corrected chi connectivity index (χ1v) is 10.2. The molecule has 2 aliphatic heterocycles. The summed E-state index contributed by atoms with van der Waals surface area (Å²) in [5.74, 6) is 0.951. The molecule has 0 aromatic heterocycles. The summed E-state index contributed by atoms with van der Waals surface area (Å²) < 4.78 is 6.03. The summed E-state index contributed by atoms with van der Waals surface area (Å²) in [5, 5.41) is 10.5. The van der Waals surface area contributed by atoms with Gasteiger partial charge in [-0.3, -0.25) is 0 Å². The quantitative estimate of drug-likeness (QED) is 0.778. The SMILES string of the molecule is C=CC=C1/C(=C\CCN2CCCC2)C2=C(C=CC(C(C)(C)O)C2)OCC1N. The van der Waals surface area contributed by atoms with E-state index in [4.69, 9.17) is 10.5 Å². The molecule has 3 aliphatic rings. The van der Waals surface area contributed by atoms with E-state index in [0.717, 1.165) is 36.3 Å². The van der Waals surface area contributed by atoms with Gasteiger partial charge in [0.1, 0.15) is 12.4 Å². The molecule has 0 amide bonds. The molecule has 0 aromatic rings. The molecule has 3 N–H and O–H groups in total. The van der Waals surface area contributed by atoms with Gasteiger partial charge in [0.15, 0.2) is 0 Å². The number of nitrogens with two attached hydrogens (primary N) is 1. The number of rotatable bonds is 5. The minimum absolute atomic E-state index is 0.0566. The van der Waals surface area contributed by atoms with Gasteiger partial charge in [0.2, 0.25) is 0 Å². The molecule has 0 saturated carbocycles. The van der Waals surface area contributed by atoms with Crippen LogP contribution in [0.5, 0.6) is 0 Å². The van der Waals surface area contributed by atoms with Crippen molar-refractivity contribution < 1.29 is 9.84 Å². The highest BCUT2D eigenvalue weighted by Gasteiger charge is 2.33. The maximum absolute atomic E-state index is 10.5. The molecule has 1 aliphatic carbocycles. The molecule has 0 bridgehead atoms. The third-order valence-electron chi connectivity index (χ3n) is 5.85. The van der Waals surface area contributed by atoms with E-state index in [1.807, 2.05) is 26.0 Å². The van der Waals surface area contributed by atoms with Crippen molar-refractivity contribution in [3.05, 3.63) is 59.4 Å². The topological polar surface area (TPSA) is 58.7 Å². The van der Waals surface area contributed by atoms with Crippen molar-refractivity contribution in [2.75, 3.05) is 26.2 Å².